The van der Waals surface area contributed by atoms with Crippen molar-refractivity contribution in [3.05, 3.63) is 30.0 Å². The SMILES string of the molecule is CCC(C)(C)c1cc2ccc(OC)cc2[nH]1. The van der Waals surface area contributed by atoms with E-state index in [1.54, 1.807) is 7.11 Å². The zero-order chi connectivity index (χ0) is 11.8. The van der Waals surface area contributed by atoms with E-state index in [9.17, 15) is 0 Å². The van der Waals surface area contributed by atoms with Crippen LogP contribution in [0.5, 0.6) is 5.75 Å². The fraction of sp³-hybridized carbons (Fsp3) is 0.429. The summed E-state index contributed by atoms with van der Waals surface area (Å²) in [4.78, 5) is 3.48. The first kappa shape index (κ1) is 11.1. The summed E-state index contributed by atoms with van der Waals surface area (Å²) in [6.07, 6.45) is 1.12. The van der Waals surface area contributed by atoms with Crippen molar-refractivity contribution < 1.29 is 4.74 Å². The van der Waals surface area contributed by atoms with Crippen molar-refractivity contribution in [3.8, 4) is 5.75 Å². The van der Waals surface area contributed by atoms with E-state index in [1.165, 1.54) is 11.1 Å². The molecule has 2 rings (SSSR count). The molecule has 0 spiro atoms. The Morgan fingerprint density at radius 1 is 1.25 bits per heavy atom. The van der Waals surface area contributed by atoms with Gasteiger partial charge >= 0.3 is 0 Å². The number of benzene rings is 1. The second-order valence-electron chi connectivity index (χ2n) is 4.87. The van der Waals surface area contributed by atoms with E-state index in [0.29, 0.717) is 0 Å². The monoisotopic (exact) mass is 217 g/mol. The lowest BCUT2D eigenvalue weighted by Crippen LogP contribution is -2.15. The van der Waals surface area contributed by atoms with Crippen LogP contribution in [0.3, 0.4) is 0 Å². The number of aromatic nitrogens is 1. The first-order chi connectivity index (χ1) is 7.56. The maximum atomic E-state index is 5.22. The number of hydrogen-bond donors (Lipinski definition) is 1. The van der Waals surface area contributed by atoms with Gasteiger partial charge in [-0.2, -0.15) is 0 Å². The predicted octanol–water partition coefficient (Wildman–Crippen LogP) is 3.86. The van der Waals surface area contributed by atoms with E-state index >= 15 is 0 Å². The normalized spacial score (nSPS) is 12.0. The molecule has 0 radical (unpaired) electrons. The lowest BCUT2D eigenvalue weighted by molar-refractivity contribution is 0.415. The summed E-state index contributed by atoms with van der Waals surface area (Å²) >= 11 is 0. The molecule has 0 bridgehead atoms. The van der Waals surface area contributed by atoms with Gasteiger partial charge in [-0.15, -0.1) is 0 Å². The average Bonchev–Trinajstić information content (AvgIpc) is 2.72. The van der Waals surface area contributed by atoms with Gasteiger partial charge in [0.25, 0.3) is 0 Å². The second-order valence-corrected chi connectivity index (χ2v) is 4.87. The molecule has 2 aromatic rings. The van der Waals surface area contributed by atoms with Crippen molar-refractivity contribution in [3.63, 3.8) is 0 Å². The van der Waals surface area contributed by atoms with Crippen LogP contribution in [0.25, 0.3) is 10.9 Å². The molecular formula is C14H19NO. The van der Waals surface area contributed by atoms with Gasteiger partial charge in [-0.3, -0.25) is 0 Å². The topological polar surface area (TPSA) is 25.0 Å². The number of H-pyrrole nitrogens is 1. The molecule has 0 aliphatic carbocycles. The molecule has 1 aromatic carbocycles. The Labute approximate surface area is 96.6 Å². The van der Waals surface area contributed by atoms with Crippen LogP contribution in [0.1, 0.15) is 32.9 Å². The van der Waals surface area contributed by atoms with Crippen LogP contribution >= 0.6 is 0 Å². The Balaban J connectivity index is 2.52. The summed E-state index contributed by atoms with van der Waals surface area (Å²) in [7, 11) is 1.70. The Bertz CT molecular complexity index is 496. The molecule has 0 aliphatic rings. The van der Waals surface area contributed by atoms with Gasteiger partial charge in [0.2, 0.25) is 0 Å². The van der Waals surface area contributed by atoms with E-state index in [2.05, 4.69) is 37.9 Å². The molecule has 86 valence electrons. The fourth-order valence-corrected chi connectivity index (χ4v) is 1.79. The number of hydrogen-bond acceptors (Lipinski definition) is 1. The molecule has 0 fully saturated rings. The first-order valence-electron chi connectivity index (χ1n) is 5.74. The van der Waals surface area contributed by atoms with Gasteiger partial charge in [-0.1, -0.05) is 20.8 Å². The Morgan fingerprint density at radius 2 is 2.00 bits per heavy atom. The molecule has 0 unspecified atom stereocenters. The maximum absolute atomic E-state index is 5.22. The molecular weight excluding hydrogens is 198 g/mol. The third-order valence-corrected chi connectivity index (χ3v) is 3.44. The summed E-state index contributed by atoms with van der Waals surface area (Å²) < 4.78 is 5.22. The first-order valence-corrected chi connectivity index (χ1v) is 5.74. The third-order valence-electron chi connectivity index (χ3n) is 3.44. The third kappa shape index (κ3) is 1.80. The highest BCUT2D eigenvalue weighted by molar-refractivity contribution is 5.82. The molecule has 0 amide bonds. The highest BCUT2D eigenvalue weighted by Gasteiger charge is 2.20. The van der Waals surface area contributed by atoms with Gasteiger partial charge in [-0.25, -0.2) is 0 Å². The van der Waals surface area contributed by atoms with Crippen molar-refractivity contribution in [2.24, 2.45) is 0 Å². The van der Waals surface area contributed by atoms with Crippen molar-refractivity contribution in [2.45, 2.75) is 32.6 Å². The van der Waals surface area contributed by atoms with E-state index in [1.807, 2.05) is 12.1 Å². The van der Waals surface area contributed by atoms with E-state index < -0.39 is 0 Å². The molecule has 0 atom stereocenters. The number of rotatable bonds is 3. The molecule has 0 saturated carbocycles. The lowest BCUT2D eigenvalue weighted by atomic mass is 9.87. The molecule has 1 aromatic heterocycles. The fourth-order valence-electron chi connectivity index (χ4n) is 1.79. The molecule has 16 heavy (non-hydrogen) atoms. The minimum Gasteiger partial charge on any atom is -0.497 e. The molecule has 0 aliphatic heterocycles. The second kappa shape index (κ2) is 3.85. The Morgan fingerprint density at radius 3 is 2.62 bits per heavy atom. The predicted molar refractivity (Wildman–Crippen MR) is 68.2 cm³/mol. The van der Waals surface area contributed by atoms with E-state index in [4.69, 9.17) is 4.74 Å². The van der Waals surface area contributed by atoms with Crippen LogP contribution in [-0.4, -0.2) is 12.1 Å². The summed E-state index contributed by atoms with van der Waals surface area (Å²) in [5, 5.41) is 1.25. The minimum absolute atomic E-state index is 0.201. The Hall–Kier alpha value is -1.44. The summed E-state index contributed by atoms with van der Waals surface area (Å²) in [5.74, 6) is 0.898. The zero-order valence-corrected chi connectivity index (χ0v) is 10.4. The molecule has 2 heteroatoms. The van der Waals surface area contributed by atoms with Crippen LogP contribution in [-0.2, 0) is 5.41 Å². The van der Waals surface area contributed by atoms with Gasteiger partial charge in [-0.05, 0) is 30.0 Å². The van der Waals surface area contributed by atoms with Crippen LogP contribution < -0.4 is 4.74 Å². The van der Waals surface area contributed by atoms with Gasteiger partial charge in [0.05, 0.1) is 7.11 Å². The highest BCUT2D eigenvalue weighted by Crippen LogP contribution is 2.30. The number of methoxy groups -OCH3 is 1. The molecule has 2 nitrogen and oxygen atoms in total. The number of aromatic amines is 1. The molecule has 1 heterocycles. The average molecular weight is 217 g/mol. The van der Waals surface area contributed by atoms with Crippen molar-refractivity contribution in [1.82, 2.24) is 4.98 Å². The summed E-state index contributed by atoms with van der Waals surface area (Å²) in [6.45, 7) is 6.73. The summed E-state index contributed by atoms with van der Waals surface area (Å²) in [6, 6.07) is 8.38. The quantitative estimate of drug-likeness (QED) is 0.829. The highest BCUT2D eigenvalue weighted by atomic mass is 16.5. The number of nitrogens with one attached hydrogen (secondary N) is 1. The van der Waals surface area contributed by atoms with E-state index in [0.717, 1.165) is 17.7 Å². The smallest absolute Gasteiger partial charge is 0.120 e. The van der Waals surface area contributed by atoms with Gasteiger partial charge < -0.3 is 9.72 Å². The van der Waals surface area contributed by atoms with Crippen LogP contribution in [0.15, 0.2) is 24.3 Å². The van der Waals surface area contributed by atoms with E-state index in [-0.39, 0.29) is 5.41 Å². The van der Waals surface area contributed by atoms with Gasteiger partial charge in [0.1, 0.15) is 5.75 Å². The maximum Gasteiger partial charge on any atom is 0.120 e. The number of fused-ring (bicyclic) bond motifs is 1. The zero-order valence-electron chi connectivity index (χ0n) is 10.4. The summed E-state index contributed by atoms with van der Waals surface area (Å²) in [5.41, 5.74) is 2.64. The van der Waals surface area contributed by atoms with Crippen LogP contribution in [0.2, 0.25) is 0 Å². The molecule has 0 saturated heterocycles. The van der Waals surface area contributed by atoms with Gasteiger partial charge in [0.15, 0.2) is 0 Å². The van der Waals surface area contributed by atoms with Gasteiger partial charge in [0, 0.05) is 22.7 Å². The van der Waals surface area contributed by atoms with Crippen molar-refractivity contribution >= 4 is 10.9 Å². The minimum atomic E-state index is 0.201. The lowest BCUT2D eigenvalue weighted by Gasteiger charge is -2.20. The van der Waals surface area contributed by atoms with Crippen LogP contribution in [0.4, 0.5) is 0 Å². The Kier molecular flexibility index (Phi) is 2.66. The van der Waals surface area contributed by atoms with Crippen molar-refractivity contribution in [2.75, 3.05) is 7.11 Å². The largest absolute Gasteiger partial charge is 0.497 e. The number of ether oxygens (including phenoxy) is 1. The standard InChI is InChI=1S/C14H19NO/c1-5-14(2,3)13-8-10-6-7-11(16-4)9-12(10)15-13/h6-9,15H,5H2,1-4H3. The van der Waals surface area contributed by atoms with Crippen LogP contribution in [0, 0.1) is 0 Å². The molecule has 1 N–H and O–H groups in total. The van der Waals surface area contributed by atoms with Crippen molar-refractivity contribution in [1.29, 1.82) is 0 Å².